The van der Waals surface area contributed by atoms with Crippen LogP contribution in [0.25, 0.3) is 0 Å². The Bertz CT molecular complexity index is 837. The molecule has 0 saturated carbocycles. The van der Waals surface area contributed by atoms with Crippen LogP contribution in [0.5, 0.6) is 0 Å². The van der Waals surface area contributed by atoms with Crippen molar-refractivity contribution in [2.24, 2.45) is 5.92 Å². The van der Waals surface area contributed by atoms with Gasteiger partial charge in [-0.1, -0.05) is 0 Å². The summed E-state index contributed by atoms with van der Waals surface area (Å²) in [6, 6.07) is 14.3. The van der Waals surface area contributed by atoms with E-state index >= 15 is 0 Å². The number of benzene rings is 2. The van der Waals surface area contributed by atoms with Crippen LogP contribution in [0.4, 0.5) is 11.4 Å². The summed E-state index contributed by atoms with van der Waals surface area (Å²) in [6.45, 7) is 2.62. The number of anilines is 2. The molecule has 1 aliphatic heterocycles. The predicted molar refractivity (Wildman–Crippen MR) is 109 cm³/mol. The molecule has 2 aromatic carbocycles. The molecule has 0 spiro atoms. The van der Waals surface area contributed by atoms with Gasteiger partial charge in [-0.15, -0.1) is 0 Å². The first-order valence-electron chi connectivity index (χ1n) is 8.73. The zero-order valence-electron chi connectivity index (χ0n) is 14.9. The Labute approximate surface area is 164 Å². The zero-order valence-corrected chi connectivity index (χ0v) is 18.1. The quantitative estimate of drug-likeness (QED) is 0.700. The molecule has 0 radical (unpaired) electrons. The Morgan fingerprint density at radius 3 is 2.50 bits per heavy atom. The third-order valence-corrected chi connectivity index (χ3v) is 7.52. The monoisotopic (exact) mass is 436 g/mol. The molecule has 0 aromatic heterocycles. The summed E-state index contributed by atoms with van der Waals surface area (Å²) in [5.41, 5.74) is 1.75. The van der Waals surface area contributed by atoms with Gasteiger partial charge in [-0.25, -0.2) is 0 Å². The molecule has 2 aromatic rings. The number of ether oxygens (including phenoxy) is 1. The van der Waals surface area contributed by atoms with E-state index in [1.54, 1.807) is 31.3 Å². The van der Waals surface area contributed by atoms with Crippen molar-refractivity contribution in [1.82, 2.24) is 0 Å². The number of hydrogen-bond donors (Lipinski definition) is 1. The summed E-state index contributed by atoms with van der Waals surface area (Å²) in [5.74, 6) is 0.636. The van der Waals surface area contributed by atoms with E-state index in [0.29, 0.717) is 16.5 Å². The van der Waals surface area contributed by atoms with Gasteiger partial charge >= 0.3 is 164 Å². The topological polar surface area (TPSA) is 58.6 Å². The SMILES string of the molecule is CN(c1ccc(NCC2CCOCC2)c([AsH2])c1)S(=O)(=O)c1ccccc1. The van der Waals surface area contributed by atoms with Crippen molar-refractivity contribution in [1.29, 1.82) is 0 Å². The van der Waals surface area contributed by atoms with E-state index in [9.17, 15) is 8.42 Å². The van der Waals surface area contributed by atoms with Gasteiger partial charge in [0.25, 0.3) is 0 Å². The van der Waals surface area contributed by atoms with Gasteiger partial charge < -0.3 is 0 Å². The molecular formula is C19H25AsN2O3S. The second kappa shape index (κ2) is 8.47. The number of nitrogens with one attached hydrogen (secondary N) is 1. The van der Waals surface area contributed by atoms with Crippen LogP contribution in [0, 0.1) is 5.92 Å². The fraction of sp³-hybridized carbons (Fsp3) is 0.368. The van der Waals surface area contributed by atoms with Gasteiger partial charge in [0.1, 0.15) is 0 Å². The molecule has 1 atom stereocenters. The summed E-state index contributed by atoms with van der Waals surface area (Å²) in [7, 11) is -1.95. The van der Waals surface area contributed by atoms with E-state index in [4.69, 9.17) is 4.74 Å². The molecule has 0 aliphatic carbocycles. The van der Waals surface area contributed by atoms with Gasteiger partial charge in [-0.05, 0) is 0 Å². The molecule has 5 nitrogen and oxygen atoms in total. The molecule has 7 heteroatoms. The van der Waals surface area contributed by atoms with Crippen molar-refractivity contribution >= 4 is 42.6 Å². The van der Waals surface area contributed by atoms with Crippen LogP contribution in [-0.2, 0) is 14.8 Å². The second-order valence-corrected chi connectivity index (χ2v) is 9.77. The van der Waals surface area contributed by atoms with Crippen LogP contribution in [0.1, 0.15) is 12.8 Å². The first kappa shape index (κ1) is 19.3. The van der Waals surface area contributed by atoms with Gasteiger partial charge in [0.05, 0.1) is 0 Å². The molecule has 1 heterocycles. The fourth-order valence-electron chi connectivity index (χ4n) is 3.00. The Morgan fingerprint density at radius 1 is 1.15 bits per heavy atom. The Hall–Kier alpha value is -1.49. The predicted octanol–water partition coefficient (Wildman–Crippen LogP) is 1.61. The second-order valence-electron chi connectivity index (χ2n) is 6.49. The van der Waals surface area contributed by atoms with Crippen molar-refractivity contribution in [2.75, 3.05) is 36.4 Å². The van der Waals surface area contributed by atoms with E-state index in [1.807, 2.05) is 24.3 Å². The molecule has 0 bridgehead atoms. The van der Waals surface area contributed by atoms with Gasteiger partial charge in [0.2, 0.25) is 0 Å². The van der Waals surface area contributed by atoms with Gasteiger partial charge in [-0.3, -0.25) is 0 Å². The molecule has 1 fully saturated rings. The summed E-state index contributed by atoms with van der Waals surface area (Å²) in [4.78, 5) is 0.299. The average molecular weight is 436 g/mol. The van der Waals surface area contributed by atoms with Crippen molar-refractivity contribution in [3.63, 3.8) is 0 Å². The number of sulfonamides is 1. The van der Waals surface area contributed by atoms with E-state index in [0.717, 1.165) is 42.6 Å². The average Bonchev–Trinajstić information content (AvgIpc) is 2.68. The maximum absolute atomic E-state index is 12.8. The van der Waals surface area contributed by atoms with E-state index < -0.39 is 10.0 Å². The zero-order chi connectivity index (χ0) is 18.6. The minimum absolute atomic E-state index is 0.299. The minimum atomic E-state index is -3.55. The molecule has 0 amide bonds. The van der Waals surface area contributed by atoms with Crippen LogP contribution < -0.4 is 14.0 Å². The molecular weight excluding hydrogens is 411 g/mol. The Balaban J connectivity index is 1.72. The summed E-state index contributed by atoms with van der Waals surface area (Å²) < 4.78 is 33.4. The van der Waals surface area contributed by atoms with Crippen LogP contribution in [0.15, 0.2) is 53.4 Å². The Morgan fingerprint density at radius 2 is 1.85 bits per heavy atom. The van der Waals surface area contributed by atoms with Crippen LogP contribution in [0.2, 0.25) is 0 Å². The number of nitrogens with zero attached hydrogens (tertiary/aromatic N) is 1. The van der Waals surface area contributed by atoms with Gasteiger partial charge in [-0.2, -0.15) is 0 Å². The van der Waals surface area contributed by atoms with E-state index in [1.165, 1.54) is 21.2 Å². The normalized spacial score (nSPS) is 15.6. The molecule has 1 unspecified atom stereocenters. The fourth-order valence-corrected chi connectivity index (χ4v) is 4.98. The molecule has 1 aliphatic rings. The van der Waals surface area contributed by atoms with Crippen LogP contribution in [0.3, 0.4) is 0 Å². The molecule has 1 N–H and O–H groups in total. The van der Waals surface area contributed by atoms with E-state index in [2.05, 4.69) is 5.32 Å². The van der Waals surface area contributed by atoms with Gasteiger partial charge in [0.15, 0.2) is 0 Å². The van der Waals surface area contributed by atoms with Crippen molar-refractivity contribution in [3.8, 4) is 0 Å². The summed E-state index contributed by atoms with van der Waals surface area (Å²) in [5, 5.41) is 3.51. The van der Waals surface area contributed by atoms with E-state index in [-0.39, 0.29) is 0 Å². The van der Waals surface area contributed by atoms with Crippen molar-refractivity contribution in [2.45, 2.75) is 17.7 Å². The van der Waals surface area contributed by atoms with Crippen LogP contribution in [-0.4, -0.2) is 52.1 Å². The standard InChI is InChI=1S/C19H25AsN2O3S/c1-22(26(23,24)17-5-3-2-4-6-17)16-7-8-19(18(20)13-16)21-14-15-9-11-25-12-10-15/h2-8,13,15,21H,9-12,14,20H2,1H3. The molecule has 26 heavy (non-hydrogen) atoms. The Kier molecular flexibility index (Phi) is 6.28. The van der Waals surface area contributed by atoms with Crippen LogP contribution >= 0.6 is 0 Å². The molecule has 140 valence electrons. The summed E-state index contributed by atoms with van der Waals surface area (Å²) in [6.07, 6.45) is 2.18. The third kappa shape index (κ3) is 4.43. The maximum atomic E-state index is 12.8. The van der Waals surface area contributed by atoms with Crippen molar-refractivity contribution in [3.05, 3.63) is 48.5 Å². The third-order valence-electron chi connectivity index (χ3n) is 4.72. The van der Waals surface area contributed by atoms with Crippen molar-refractivity contribution < 1.29 is 13.2 Å². The molecule has 3 rings (SSSR count). The summed E-state index contributed by atoms with van der Waals surface area (Å²) >= 11 is 1.48. The molecule has 1 saturated heterocycles. The first-order valence-corrected chi connectivity index (χ1v) is 11.4. The van der Waals surface area contributed by atoms with Gasteiger partial charge in [0, 0.05) is 0 Å². The number of hydrogen-bond acceptors (Lipinski definition) is 4. The first-order chi connectivity index (χ1) is 12.5. The number of rotatable bonds is 6.